The molecular formula is C6H10N4. The average Bonchev–Trinajstić information content (AvgIpc) is 2.31. The zero-order chi connectivity index (χ0) is 6.97. The van der Waals surface area contributed by atoms with E-state index in [4.69, 9.17) is 0 Å². The maximum Gasteiger partial charge on any atom is 0.103 e. The van der Waals surface area contributed by atoms with Crippen LogP contribution in [0.1, 0.15) is 0 Å². The SMILES string of the molecule is CN1CC(C2=NN=NC2)C1. The lowest BCUT2D eigenvalue weighted by molar-refractivity contribution is 0.182. The Kier molecular flexibility index (Phi) is 1.27. The van der Waals surface area contributed by atoms with Gasteiger partial charge in [-0.15, -0.1) is 5.10 Å². The number of likely N-dealkylation sites (tertiary alicyclic amines) is 1. The normalized spacial score (nSPS) is 26.7. The molecule has 0 bridgehead atoms. The summed E-state index contributed by atoms with van der Waals surface area (Å²) in [5.74, 6) is 0.639. The molecule has 0 aliphatic carbocycles. The Labute approximate surface area is 59.6 Å². The summed E-state index contributed by atoms with van der Waals surface area (Å²) in [5.41, 5.74) is 1.16. The van der Waals surface area contributed by atoms with Crippen LogP contribution >= 0.6 is 0 Å². The summed E-state index contributed by atoms with van der Waals surface area (Å²) in [6.45, 7) is 2.99. The molecule has 0 aromatic heterocycles. The Hall–Kier alpha value is -0.770. The van der Waals surface area contributed by atoms with Crippen molar-refractivity contribution in [3.05, 3.63) is 0 Å². The Morgan fingerprint density at radius 3 is 2.80 bits per heavy atom. The fraction of sp³-hybridized carbons (Fsp3) is 0.833. The topological polar surface area (TPSA) is 40.3 Å². The second-order valence-corrected chi connectivity index (χ2v) is 2.90. The highest BCUT2D eigenvalue weighted by Gasteiger charge is 2.28. The van der Waals surface area contributed by atoms with E-state index < -0.39 is 0 Å². The predicted molar refractivity (Wildman–Crippen MR) is 38.1 cm³/mol. The summed E-state index contributed by atoms with van der Waals surface area (Å²) in [7, 11) is 2.11. The third kappa shape index (κ3) is 0.844. The molecule has 2 aliphatic rings. The molecule has 0 saturated carbocycles. The Morgan fingerprint density at radius 2 is 2.30 bits per heavy atom. The van der Waals surface area contributed by atoms with Gasteiger partial charge in [-0.05, 0) is 12.3 Å². The zero-order valence-corrected chi connectivity index (χ0v) is 5.99. The quantitative estimate of drug-likeness (QED) is 0.516. The molecule has 1 saturated heterocycles. The third-order valence-electron chi connectivity index (χ3n) is 2.00. The fourth-order valence-corrected chi connectivity index (χ4v) is 1.35. The number of hydrogen-bond acceptors (Lipinski definition) is 4. The molecule has 0 unspecified atom stereocenters. The van der Waals surface area contributed by atoms with Crippen molar-refractivity contribution in [2.45, 2.75) is 0 Å². The van der Waals surface area contributed by atoms with Crippen molar-refractivity contribution in [2.24, 2.45) is 21.4 Å². The minimum Gasteiger partial charge on any atom is -0.305 e. The van der Waals surface area contributed by atoms with Gasteiger partial charge >= 0.3 is 0 Å². The van der Waals surface area contributed by atoms with E-state index in [1.807, 2.05) is 0 Å². The molecule has 0 amide bonds. The van der Waals surface area contributed by atoms with Gasteiger partial charge in [0.05, 0.1) is 5.71 Å². The van der Waals surface area contributed by atoms with Gasteiger partial charge < -0.3 is 4.90 Å². The lowest BCUT2D eigenvalue weighted by Crippen LogP contribution is -2.48. The molecule has 2 rings (SSSR count). The van der Waals surface area contributed by atoms with E-state index in [1.165, 1.54) is 0 Å². The van der Waals surface area contributed by atoms with Crippen molar-refractivity contribution in [3.8, 4) is 0 Å². The molecule has 10 heavy (non-hydrogen) atoms. The molecule has 0 atom stereocenters. The van der Waals surface area contributed by atoms with Crippen LogP contribution in [-0.4, -0.2) is 37.3 Å². The summed E-state index contributed by atoms with van der Waals surface area (Å²) < 4.78 is 0. The first kappa shape index (κ1) is 5.97. The van der Waals surface area contributed by atoms with E-state index in [2.05, 4.69) is 27.4 Å². The van der Waals surface area contributed by atoms with Gasteiger partial charge in [0.25, 0.3) is 0 Å². The van der Waals surface area contributed by atoms with Crippen molar-refractivity contribution >= 4 is 5.71 Å². The molecule has 4 nitrogen and oxygen atoms in total. The molecular weight excluding hydrogens is 128 g/mol. The van der Waals surface area contributed by atoms with E-state index in [0.29, 0.717) is 5.92 Å². The molecule has 0 aromatic rings. The van der Waals surface area contributed by atoms with Gasteiger partial charge in [0, 0.05) is 19.0 Å². The van der Waals surface area contributed by atoms with Crippen molar-refractivity contribution in [1.82, 2.24) is 4.90 Å². The maximum absolute atomic E-state index is 3.94. The molecule has 2 aliphatic heterocycles. The van der Waals surface area contributed by atoms with Crippen LogP contribution in [0.15, 0.2) is 15.4 Å². The van der Waals surface area contributed by atoms with Crippen LogP contribution in [0, 0.1) is 5.92 Å². The van der Waals surface area contributed by atoms with E-state index in [1.54, 1.807) is 0 Å². The highest BCUT2D eigenvalue weighted by Crippen LogP contribution is 2.17. The standard InChI is InChI=1S/C6H10N4/c1-10-3-5(4-10)6-2-7-9-8-6/h5H,2-4H2,1H3. The van der Waals surface area contributed by atoms with Crippen LogP contribution in [0.2, 0.25) is 0 Å². The molecule has 0 aromatic carbocycles. The zero-order valence-electron chi connectivity index (χ0n) is 5.99. The summed E-state index contributed by atoms with van der Waals surface area (Å²) in [6, 6.07) is 0. The summed E-state index contributed by atoms with van der Waals surface area (Å²) >= 11 is 0. The van der Waals surface area contributed by atoms with Gasteiger partial charge in [-0.2, -0.15) is 5.11 Å². The van der Waals surface area contributed by atoms with Gasteiger partial charge in [-0.3, -0.25) is 0 Å². The minimum absolute atomic E-state index is 0.639. The fourth-order valence-electron chi connectivity index (χ4n) is 1.35. The number of nitrogens with zero attached hydrogens (tertiary/aromatic N) is 4. The largest absolute Gasteiger partial charge is 0.305 e. The van der Waals surface area contributed by atoms with Crippen molar-refractivity contribution in [3.63, 3.8) is 0 Å². The van der Waals surface area contributed by atoms with Crippen LogP contribution in [0.5, 0.6) is 0 Å². The smallest absolute Gasteiger partial charge is 0.103 e. The van der Waals surface area contributed by atoms with Gasteiger partial charge in [-0.1, -0.05) is 0 Å². The minimum atomic E-state index is 0.639. The first-order valence-electron chi connectivity index (χ1n) is 3.48. The maximum atomic E-state index is 3.94. The average molecular weight is 138 g/mol. The first-order chi connectivity index (χ1) is 4.86. The molecule has 0 N–H and O–H groups in total. The lowest BCUT2D eigenvalue weighted by Gasteiger charge is -2.35. The molecule has 1 fully saturated rings. The third-order valence-corrected chi connectivity index (χ3v) is 2.00. The predicted octanol–water partition coefficient (Wildman–Crippen LogP) is 0.370. The van der Waals surface area contributed by atoms with Gasteiger partial charge in [-0.25, -0.2) is 0 Å². The van der Waals surface area contributed by atoms with Crippen molar-refractivity contribution in [2.75, 3.05) is 26.7 Å². The molecule has 0 radical (unpaired) electrons. The summed E-state index contributed by atoms with van der Waals surface area (Å²) in [6.07, 6.45) is 0. The van der Waals surface area contributed by atoms with E-state index in [9.17, 15) is 0 Å². The van der Waals surface area contributed by atoms with Crippen LogP contribution in [0.4, 0.5) is 0 Å². The van der Waals surface area contributed by atoms with E-state index in [-0.39, 0.29) is 0 Å². The van der Waals surface area contributed by atoms with Gasteiger partial charge in [0.15, 0.2) is 0 Å². The van der Waals surface area contributed by atoms with Crippen LogP contribution in [0.25, 0.3) is 0 Å². The second kappa shape index (κ2) is 2.12. The second-order valence-electron chi connectivity index (χ2n) is 2.90. The van der Waals surface area contributed by atoms with E-state index in [0.717, 1.165) is 25.3 Å². The lowest BCUT2D eigenvalue weighted by atomic mass is 9.95. The van der Waals surface area contributed by atoms with Crippen LogP contribution in [-0.2, 0) is 0 Å². The Balaban J connectivity index is 1.91. The molecule has 54 valence electrons. The van der Waals surface area contributed by atoms with Crippen LogP contribution < -0.4 is 0 Å². The molecule has 4 heteroatoms. The first-order valence-corrected chi connectivity index (χ1v) is 3.48. The number of rotatable bonds is 1. The van der Waals surface area contributed by atoms with E-state index >= 15 is 0 Å². The summed E-state index contributed by atoms with van der Waals surface area (Å²) in [4.78, 5) is 2.27. The highest BCUT2D eigenvalue weighted by atomic mass is 15.4. The Morgan fingerprint density at radius 1 is 1.50 bits per heavy atom. The van der Waals surface area contributed by atoms with Crippen molar-refractivity contribution in [1.29, 1.82) is 0 Å². The van der Waals surface area contributed by atoms with Crippen LogP contribution in [0.3, 0.4) is 0 Å². The molecule has 2 heterocycles. The molecule has 0 spiro atoms. The van der Waals surface area contributed by atoms with Gasteiger partial charge in [0.2, 0.25) is 0 Å². The highest BCUT2D eigenvalue weighted by molar-refractivity contribution is 5.90. The number of hydrogen-bond donors (Lipinski definition) is 0. The van der Waals surface area contributed by atoms with Gasteiger partial charge in [0.1, 0.15) is 6.54 Å². The van der Waals surface area contributed by atoms with Crippen molar-refractivity contribution < 1.29 is 0 Å². The monoisotopic (exact) mass is 138 g/mol. The Bertz CT molecular complexity index is 190. The summed E-state index contributed by atoms with van der Waals surface area (Å²) in [5, 5.41) is 11.3.